The number of benzene rings is 1. The number of hydrogen-bond donors (Lipinski definition) is 1. The van der Waals surface area contributed by atoms with E-state index in [4.69, 9.17) is 4.74 Å². The highest BCUT2D eigenvalue weighted by molar-refractivity contribution is 5.94. The lowest BCUT2D eigenvalue weighted by molar-refractivity contribution is -0.125. The lowest BCUT2D eigenvalue weighted by Crippen LogP contribution is -2.36. The van der Waals surface area contributed by atoms with Crippen molar-refractivity contribution in [3.63, 3.8) is 0 Å². The van der Waals surface area contributed by atoms with E-state index in [0.717, 1.165) is 24.8 Å². The third kappa shape index (κ3) is 4.88. The van der Waals surface area contributed by atoms with E-state index in [1.165, 1.54) is 17.5 Å². The molecule has 1 N–H and O–H groups in total. The summed E-state index contributed by atoms with van der Waals surface area (Å²) in [7, 11) is 1.63. The molecule has 0 saturated carbocycles. The van der Waals surface area contributed by atoms with Gasteiger partial charge >= 0.3 is 0 Å². The average molecular weight is 415 g/mol. The van der Waals surface area contributed by atoms with Gasteiger partial charge in [-0.25, -0.2) is 0 Å². The number of nitrogens with one attached hydrogen (secondary N) is 1. The smallest absolute Gasteiger partial charge is 0.253 e. The minimum atomic E-state index is -0.0251. The summed E-state index contributed by atoms with van der Waals surface area (Å²) >= 11 is 0. The molecule has 1 aliphatic carbocycles. The van der Waals surface area contributed by atoms with Gasteiger partial charge in [0.15, 0.2) is 0 Å². The van der Waals surface area contributed by atoms with Crippen molar-refractivity contribution in [2.24, 2.45) is 5.92 Å². The van der Waals surface area contributed by atoms with E-state index < -0.39 is 0 Å². The van der Waals surface area contributed by atoms with Crippen molar-refractivity contribution < 1.29 is 14.3 Å². The summed E-state index contributed by atoms with van der Waals surface area (Å²) in [6, 6.07) is 6.32. The Morgan fingerprint density at radius 1 is 1.07 bits per heavy atom. The highest BCUT2D eigenvalue weighted by atomic mass is 16.5. The molecule has 30 heavy (non-hydrogen) atoms. The Kier molecular flexibility index (Phi) is 6.91. The van der Waals surface area contributed by atoms with Crippen molar-refractivity contribution in [1.82, 2.24) is 10.2 Å². The Morgan fingerprint density at radius 3 is 2.47 bits per heavy atom. The molecule has 0 radical (unpaired) electrons. The normalized spacial score (nSPS) is 22.7. The van der Waals surface area contributed by atoms with Crippen molar-refractivity contribution in [2.75, 3.05) is 33.4 Å². The molecule has 0 spiro atoms. The molecule has 0 aromatic heterocycles. The number of ether oxygens (including phenoxy) is 1. The van der Waals surface area contributed by atoms with E-state index in [0.29, 0.717) is 32.7 Å². The summed E-state index contributed by atoms with van der Waals surface area (Å²) in [5, 5.41) is 2.94. The summed E-state index contributed by atoms with van der Waals surface area (Å²) in [6.07, 6.45) is 4.70. The van der Waals surface area contributed by atoms with Crippen molar-refractivity contribution in [1.29, 1.82) is 0 Å². The van der Waals surface area contributed by atoms with Gasteiger partial charge in [0.05, 0.1) is 6.61 Å². The summed E-state index contributed by atoms with van der Waals surface area (Å²) in [5.41, 5.74) is 3.71. The van der Waals surface area contributed by atoms with Crippen LogP contribution >= 0.6 is 0 Å². The summed E-state index contributed by atoms with van der Waals surface area (Å²) in [5.74, 6) is 0.152. The Bertz CT molecular complexity index is 785. The van der Waals surface area contributed by atoms with Crippen LogP contribution in [0.5, 0.6) is 0 Å². The molecular weight excluding hydrogens is 376 g/mol. The van der Waals surface area contributed by atoms with E-state index in [-0.39, 0.29) is 28.6 Å². The SMILES string of the molecule is COCCNC(=O)C1CCCN(C(=O)c2ccc3c(c2)C(C)(C)CCC3(C)C)CC1. The van der Waals surface area contributed by atoms with Crippen molar-refractivity contribution in [3.05, 3.63) is 34.9 Å². The molecule has 1 atom stereocenters. The van der Waals surface area contributed by atoms with Gasteiger partial charge in [-0.2, -0.15) is 0 Å². The monoisotopic (exact) mass is 414 g/mol. The molecular formula is C25H38N2O3. The lowest BCUT2D eigenvalue weighted by atomic mass is 9.63. The quantitative estimate of drug-likeness (QED) is 0.740. The molecule has 2 aliphatic rings. The molecule has 3 rings (SSSR count). The zero-order chi connectivity index (χ0) is 21.9. The number of methoxy groups -OCH3 is 1. The van der Waals surface area contributed by atoms with Crippen LogP contribution in [0.15, 0.2) is 18.2 Å². The second kappa shape index (κ2) is 9.09. The fraction of sp³-hybridized carbons (Fsp3) is 0.680. The van der Waals surface area contributed by atoms with Crippen molar-refractivity contribution >= 4 is 11.8 Å². The number of carbonyl (C=O) groups is 2. The first kappa shape index (κ1) is 22.8. The van der Waals surface area contributed by atoms with E-state index in [2.05, 4.69) is 45.1 Å². The molecule has 1 aromatic carbocycles. The third-order valence-electron chi connectivity index (χ3n) is 7.09. The maximum absolute atomic E-state index is 13.3. The zero-order valence-corrected chi connectivity index (χ0v) is 19.3. The molecule has 1 saturated heterocycles. The number of fused-ring (bicyclic) bond motifs is 1. The van der Waals surface area contributed by atoms with Crippen LogP contribution in [0.25, 0.3) is 0 Å². The first-order valence-electron chi connectivity index (χ1n) is 11.4. The van der Waals surface area contributed by atoms with Gasteiger partial charge in [0.2, 0.25) is 5.91 Å². The fourth-order valence-electron chi connectivity index (χ4n) is 4.89. The maximum atomic E-state index is 13.3. The Balaban J connectivity index is 1.71. The topological polar surface area (TPSA) is 58.6 Å². The van der Waals surface area contributed by atoms with Crippen molar-refractivity contribution in [2.45, 2.75) is 70.6 Å². The van der Waals surface area contributed by atoms with E-state index >= 15 is 0 Å². The molecule has 1 fully saturated rings. The van der Waals surface area contributed by atoms with Crippen LogP contribution in [0.2, 0.25) is 0 Å². The number of rotatable bonds is 5. The Hall–Kier alpha value is -1.88. The third-order valence-corrected chi connectivity index (χ3v) is 7.09. The number of likely N-dealkylation sites (tertiary alicyclic amines) is 1. The minimum Gasteiger partial charge on any atom is -0.383 e. The largest absolute Gasteiger partial charge is 0.383 e. The number of hydrogen-bond acceptors (Lipinski definition) is 3. The van der Waals surface area contributed by atoms with Crippen LogP contribution in [0.3, 0.4) is 0 Å². The average Bonchev–Trinajstić information content (AvgIpc) is 2.97. The van der Waals surface area contributed by atoms with Gasteiger partial charge in [-0.3, -0.25) is 9.59 Å². The minimum absolute atomic E-state index is 0.0251. The Labute approximate surface area is 181 Å². The zero-order valence-electron chi connectivity index (χ0n) is 19.3. The van der Waals surface area contributed by atoms with E-state index in [1.54, 1.807) is 7.11 Å². The molecule has 1 heterocycles. The van der Waals surface area contributed by atoms with Crippen LogP contribution in [0, 0.1) is 5.92 Å². The summed E-state index contributed by atoms with van der Waals surface area (Å²) in [6.45, 7) is 11.6. The molecule has 5 heteroatoms. The highest BCUT2D eigenvalue weighted by Crippen LogP contribution is 2.46. The predicted molar refractivity (Wildman–Crippen MR) is 120 cm³/mol. The number of nitrogens with zero attached hydrogens (tertiary/aromatic N) is 1. The first-order valence-corrected chi connectivity index (χ1v) is 11.4. The van der Waals surface area contributed by atoms with Gasteiger partial charge in [0, 0.05) is 38.2 Å². The molecule has 5 nitrogen and oxygen atoms in total. The predicted octanol–water partition coefficient (Wildman–Crippen LogP) is 4.04. The van der Waals surface area contributed by atoms with Gasteiger partial charge in [-0.05, 0) is 66.2 Å². The van der Waals surface area contributed by atoms with Gasteiger partial charge in [0.25, 0.3) is 5.91 Å². The maximum Gasteiger partial charge on any atom is 0.253 e. The first-order chi connectivity index (χ1) is 14.2. The van der Waals surface area contributed by atoms with Crippen LogP contribution in [0.4, 0.5) is 0 Å². The molecule has 166 valence electrons. The van der Waals surface area contributed by atoms with Gasteiger partial charge in [-0.15, -0.1) is 0 Å². The van der Waals surface area contributed by atoms with Gasteiger partial charge < -0.3 is 15.0 Å². The molecule has 0 bridgehead atoms. The highest BCUT2D eigenvalue weighted by Gasteiger charge is 2.37. The molecule has 1 aromatic rings. The summed E-state index contributed by atoms with van der Waals surface area (Å²) < 4.78 is 5.00. The summed E-state index contributed by atoms with van der Waals surface area (Å²) in [4.78, 5) is 27.6. The Morgan fingerprint density at radius 2 is 1.77 bits per heavy atom. The van der Waals surface area contributed by atoms with E-state index in [9.17, 15) is 9.59 Å². The lowest BCUT2D eigenvalue weighted by Gasteiger charge is -2.42. The van der Waals surface area contributed by atoms with E-state index in [1.807, 2.05) is 11.0 Å². The van der Waals surface area contributed by atoms with Crippen LogP contribution in [0.1, 0.15) is 81.3 Å². The van der Waals surface area contributed by atoms with Crippen molar-refractivity contribution in [3.8, 4) is 0 Å². The van der Waals surface area contributed by atoms with Crippen LogP contribution < -0.4 is 5.32 Å². The van der Waals surface area contributed by atoms with Crippen LogP contribution in [-0.2, 0) is 20.4 Å². The standard InChI is InChI=1S/C25H38N2O3/c1-24(2)11-12-25(3,4)21-17-19(8-9-20(21)24)23(29)27-14-6-7-18(10-15-27)22(28)26-13-16-30-5/h8-9,17-18H,6-7,10-16H2,1-5H3,(H,26,28). The van der Waals surface area contributed by atoms with Gasteiger partial charge in [-0.1, -0.05) is 33.8 Å². The number of amides is 2. The van der Waals surface area contributed by atoms with Gasteiger partial charge in [0.1, 0.15) is 0 Å². The molecule has 1 aliphatic heterocycles. The molecule has 1 unspecified atom stereocenters. The molecule has 2 amide bonds. The fourth-order valence-corrected chi connectivity index (χ4v) is 4.89. The second-order valence-corrected chi connectivity index (χ2v) is 10.2. The van der Waals surface area contributed by atoms with Crippen LogP contribution in [-0.4, -0.2) is 50.1 Å². The second-order valence-electron chi connectivity index (χ2n) is 10.2. The number of carbonyl (C=O) groups excluding carboxylic acids is 2.